The van der Waals surface area contributed by atoms with Gasteiger partial charge in [0.15, 0.2) is 5.65 Å². The van der Waals surface area contributed by atoms with Gasteiger partial charge in [-0.3, -0.25) is 4.68 Å². The molecule has 5 nitrogen and oxygen atoms in total. The van der Waals surface area contributed by atoms with E-state index in [2.05, 4.69) is 44.8 Å². The SMILES string of the molecule is CCCC(Nc1nc(C)nc2c1c(C)nn2C)c1cccs1. The highest BCUT2D eigenvalue weighted by Gasteiger charge is 2.18. The van der Waals surface area contributed by atoms with Crippen LogP contribution in [0.1, 0.15) is 42.2 Å². The van der Waals surface area contributed by atoms with Crippen molar-refractivity contribution in [2.45, 2.75) is 39.7 Å². The Morgan fingerprint density at radius 3 is 2.82 bits per heavy atom. The summed E-state index contributed by atoms with van der Waals surface area (Å²) in [5.41, 5.74) is 1.84. The number of fused-ring (bicyclic) bond motifs is 1. The molecule has 22 heavy (non-hydrogen) atoms. The maximum atomic E-state index is 4.64. The lowest BCUT2D eigenvalue weighted by atomic mass is 10.1. The smallest absolute Gasteiger partial charge is 0.163 e. The van der Waals surface area contributed by atoms with E-state index in [-0.39, 0.29) is 6.04 Å². The third-order valence-electron chi connectivity index (χ3n) is 3.74. The van der Waals surface area contributed by atoms with Crippen LogP contribution in [0.3, 0.4) is 0 Å². The molecule has 0 amide bonds. The molecule has 0 aliphatic carbocycles. The van der Waals surface area contributed by atoms with Gasteiger partial charge in [0.1, 0.15) is 11.6 Å². The third-order valence-corrected chi connectivity index (χ3v) is 4.73. The Kier molecular flexibility index (Phi) is 4.11. The number of aryl methyl sites for hydroxylation is 3. The minimum Gasteiger partial charge on any atom is -0.362 e. The number of anilines is 1. The van der Waals surface area contributed by atoms with Gasteiger partial charge in [0.2, 0.25) is 0 Å². The summed E-state index contributed by atoms with van der Waals surface area (Å²) in [6.07, 6.45) is 2.19. The molecule has 0 saturated heterocycles. The Morgan fingerprint density at radius 1 is 1.32 bits per heavy atom. The van der Waals surface area contributed by atoms with E-state index < -0.39 is 0 Å². The predicted molar refractivity (Wildman–Crippen MR) is 91.4 cm³/mol. The fourth-order valence-corrected chi connectivity index (χ4v) is 3.59. The molecular formula is C16H21N5S. The number of nitrogens with zero attached hydrogens (tertiary/aromatic N) is 4. The topological polar surface area (TPSA) is 55.6 Å². The third kappa shape index (κ3) is 2.70. The van der Waals surface area contributed by atoms with Gasteiger partial charge in [-0.25, -0.2) is 9.97 Å². The molecule has 0 fully saturated rings. The lowest BCUT2D eigenvalue weighted by molar-refractivity contribution is 0.684. The zero-order valence-corrected chi connectivity index (χ0v) is 14.2. The van der Waals surface area contributed by atoms with Gasteiger partial charge < -0.3 is 5.32 Å². The van der Waals surface area contributed by atoms with E-state index >= 15 is 0 Å². The second kappa shape index (κ2) is 6.04. The molecule has 1 unspecified atom stereocenters. The molecule has 0 saturated carbocycles. The summed E-state index contributed by atoms with van der Waals surface area (Å²) in [4.78, 5) is 10.5. The summed E-state index contributed by atoms with van der Waals surface area (Å²) in [5.74, 6) is 1.65. The molecule has 6 heteroatoms. The maximum absolute atomic E-state index is 4.64. The Hall–Kier alpha value is -1.95. The molecule has 3 aromatic heterocycles. The normalized spacial score (nSPS) is 12.7. The molecular weight excluding hydrogens is 294 g/mol. The molecule has 116 valence electrons. The van der Waals surface area contributed by atoms with Gasteiger partial charge in [-0.05, 0) is 31.7 Å². The Balaban J connectivity index is 2.05. The number of thiophene rings is 1. The second-order valence-corrected chi connectivity index (χ2v) is 6.51. The summed E-state index contributed by atoms with van der Waals surface area (Å²) in [5, 5.41) is 11.3. The maximum Gasteiger partial charge on any atom is 0.163 e. The average molecular weight is 315 g/mol. The van der Waals surface area contributed by atoms with Crippen LogP contribution in [0.2, 0.25) is 0 Å². The van der Waals surface area contributed by atoms with Gasteiger partial charge in [0, 0.05) is 11.9 Å². The van der Waals surface area contributed by atoms with Gasteiger partial charge in [0.05, 0.1) is 17.1 Å². The molecule has 0 spiro atoms. The first kappa shape index (κ1) is 15.0. The van der Waals surface area contributed by atoms with Gasteiger partial charge >= 0.3 is 0 Å². The van der Waals surface area contributed by atoms with Crippen LogP contribution in [-0.4, -0.2) is 19.7 Å². The van der Waals surface area contributed by atoms with E-state index in [0.717, 1.165) is 41.2 Å². The first-order valence-electron chi connectivity index (χ1n) is 7.58. The minimum absolute atomic E-state index is 0.280. The number of hydrogen-bond acceptors (Lipinski definition) is 5. The van der Waals surface area contributed by atoms with E-state index in [0.29, 0.717) is 0 Å². The van der Waals surface area contributed by atoms with E-state index in [1.807, 2.05) is 25.6 Å². The van der Waals surface area contributed by atoms with E-state index in [4.69, 9.17) is 0 Å². The van der Waals surface area contributed by atoms with Crippen LogP contribution in [0, 0.1) is 13.8 Å². The van der Waals surface area contributed by atoms with Gasteiger partial charge in [-0.15, -0.1) is 11.3 Å². The second-order valence-electron chi connectivity index (χ2n) is 5.53. The molecule has 3 rings (SSSR count). The van der Waals surface area contributed by atoms with E-state index in [1.54, 1.807) is 11.3 Å². The van der Waals surface area contributed by atoms with Crippen LogP contribution in [0.25, 0.3) is 11.0 Å². The summed E-state index contributed by atoms with van der Waals surface area (Å²) in [6, 6.07) is 4.56. The molecule has 1 atom stereocenters. The van der Waals surface area contributed by atoms with Gasteiger partial charge in [-0.1, -0.05) is 19.4 Å². The highest BCUT2D eigenvalue weighted by molar-refractivity contribution is 7.10. The van der Waals surface area contributed by atoms with Crippen LogP contribution in [0.4, 0.5) is 5.82 Å². The molecule has 0 aliphatic rings. The fourth-order valence-electron chi connectivity index (χ4n) is 2.78. The molecule has 0 aromatic carbocycles. The van der Waals surface area contributed by atoms with Crippen molar-refractivity contribution in [3.63, 3.8) is 0 Å². The number of aromatic nitrogens is 4. The quantitative estimate of drug-likeness (QED) is 0.773. The minimum atomic E-state index is 0.280. The van der Waals surface area contributed by atoms with Crippen molar-refractivity contribution in [2.75, 3.05) is 5.32 Å². The first-order chi connectivity index (χ1) is 10.6. The van der Waals surface area contributed by atoms with Crippen molar-refractivity contribution in [3.8, 4) is 0 Å². The molecule has 1 N–H and O–H groups in total. The van der Waals surface area contributed by atoms with Crippen molar-refractivity contribution in [1.29, 1.82) is 0 Å². The van der Waals surface area contributed by atoms with Crippen LogP contribution in [0.5, 0.6) is 0 Å². The number of hydrogen-bond donors (Lipinski definition) is 1. The van der Waals surface area contributed by atoms with Crippen molar-refractivity contribution < 1.29 is 0 Å². The Bertz CT molecular complexity index is 776. The predicted octanol–water partition coefficient (Wildman–Crippen LogP) is 3.99. The molecule has 3 aromatic rings. The average Bonchev–Trinajstić information content (AvgIpc) is 3.08. The van der Waals surface area contributed by atoms with E-state index in [1.165, 1.54) is 4.88 Å². The first-order valence-corrected chi connectivity index (χ1v) is 8.46. The molecule has 0 aliphatic heterocycles. The standard InChI is InChI=1S/C16H21N5S/c1-5-7-12(13-8-6-9-22-13)19-15-14-10(2)20-21(4)16(14)18-11(3)17-15/h6,8-9,12H,5,7H2,1-4H3,(H,17,18,19). The lowest BCUT2D eigenvalue weighted by Gasteiger charge is -2.18. The zero-order chi connectivity index (χ0) is 15.7. The summed E-state index contributed by atoms with van der Waals surface area (Å²) in [6.45, 7) is 6.14. The lowest BCUT2D eigenvalue weighted by Crippen LogP contribution is -2.11. The van der Waals surface area contributed by atoms with E-state index in [9.17, 15) is 0 Å². The summed E-state index contributed by atoms with van der Waals surface area (Å²) in [7, 11) is 1.92. The monoisotopic (exact) mass is 315 g/mol. The van der Waals surface area contributed by atoms with Crippen LogP contribution in [-0.2, 0) is 7.05 Å². The Morgan fingerprint density at radius 2 is 2.14 bits per heavy atom. The largest absolute Gasteiger partial charge is 0.362 e. The van der Waals surface area contributed by atoms with Crippen molar-refractivity contribution in [3.05, 3.63) is 33.9 Å². The van der Waals surface area contributed by atoms with Gasteiger partial charge in [-0.2, -0.15) is 5.10 Å². The molecule has 0 radical (unpaired) electrons. The van der Waals surface area contributed by atoms with Gasteiger partial charge in [0.25, 0.3) is 0 Å². The fraction of sp³-hybridized carbons (Fsp3) is 0.438. The molecule has 3 heterocycles. The van der Waals surface area contributed by atoms with Crippen LogP contribution >= 0.6 is 11.3 Å². The Labute approximate surface area is 134 Å². The summed E-state index contributed by atoms with van der Waals surface area (Å²) < 4.78 is 1.82. The number of nitrogens with one attached hydrogen (secondary N) is 1. The highest BCUT2D eigenvalue weighted by atomic mass is 32.1. The molecule has 0 bridgehead atoms. The number of rotatable bonds is 5. The van der Waals surface area contributed by atoms with Crippen molar-refractivity contribution in [1.82, 2.24) is 19.7 Å². The summed E-state index contributed by atoms with van der Waals surface area (Å²) >= 11 is 1.78. The van der Waals surface area contributed by atoms with Crippen molar-refractivity contribution >= 4 is 28.2 Å². The highest BCUT2D eigenvalue weighted by Crippen LogP contribution is 2.30. The van der Waals surface area contributed by atoms with Crippen molar-refractivity contribution in [2.24, 2.45) is 7.05 Å². The zero-order valence-electron chi connectivity index (χ0n) is 13.4. The van der Waals surface area contributed by atoms with Crippen LogP contribution < -0.4 is 5.32 Å². The van der Waals surface area contributed by atoms with Crippen LogP contribution in [0.15, 0.2) is 17.5 Å².